The van der Waals surface area contributed by atoms with Gasteiger partial charge in [0, 0.05) is 49.3 Å². The van der Waals surface area contributed by atoms with Crippen molar-refractivity contribution in [1.82, 2.24) is 14.9 Å². The van der Waals surface area contributed by atoms with E-state index in [4.69, 9.17) is 0 Å². The van der Waals surface area contributed by atoms with Gasteiger partial charge in [-0.1, -0.05) is 12.1 Å². The van der Waals surface area contributed by atoms with Gasteiger partial charge in [-0.15, -0.1) is 0 Å². The van der Waals surface area contributed by atoms with Crippen molar-refractivity contribution in [1.29, 1.82) is 0 Å². The highest BCUT2D eigenvalue weighted by molar-refractivity contribution is 5.84. The number of pyridine rings is 2. The monoisotopic (exact) mass is 290 g/mol. The molecule has 22 heavy (non-hydrogen) atoms. The van der Waals surface area contributed by atoms with Crippen molar-refractivity contribution in [3.8, 4) is 0 Å². The van der Waals surface area contributed by atoms with Crippen molar-refractivity contribution in [2.45, 2.75) is 12.6 Å². The number of nitrogens with one attached hydrogen (secondary N) is 1. The van der Waals surface area contributed by atoms with Crippen molar-refractivity contribution in [2.24, 2.45) is 0 Å². The van der Waals surface area contributed by atoms with Gasteiger partial charge >= 0.3 is 0 Å². The quantitative estimate of drug-likeness (QED) is 0.802. The first kappa shape index (κ1) is 13.2. The van der Waals surface area contributed by atoms with Gasteiger partial charge in [0.2, 0.25) is 0 Å². The van der Waals surface area contributed by atoms with E-state index in [1.54, 1.807) is 0 Å². The van der Waals surface area contributed by atoms with Crippen LogP contribution in [0, 0.1) is 0 Å². The van der Waals surface area contributed by atoms with Crippen LogP contribution in [0.2, 0.25) is 0 Å². The standard InChI is InChI=1S/C18H18N4/c1-2-7-20-17(3-1)11-22-12-18(13-22)21-16-5-4-15-10-19-8-6-14(15)9-16/h1-10,18,21H,11-13H2. The molecule has 4 rings (SSSR count). The fraction of sp³-hybridized carbons (Fsp3) is 0.222. The third-order valence-corrected chi connectivity index (χ3v) is 4.08. The smallest absolute Gasteiger partial charge is 0.0543 e. The van der Waals surface area contributed by atoms with Crippen molar-refractivity contribution in [3.63, 3.8) is 0 Å². The van der Waals surface area contributed by atoms with Gasteiger partial charge in [0.15, 0.2) is 0 Å². The summed E-state index contributed by atoms with van der Waals surface area (Å²) in [7, 11) is 0. The van der Waals surface area contributed by atoms with E-state index < -0.39 is 0 Å². The molecule has 110 valence electrons. The lowest BCUT2D eigenvalue weighted by atomic mass is 10.1. The van der Waals surface area contributed by atoms with E-state index in [9.17, 15) is 0 Å². The third kappa shape index (κ3) is 2.78. The molecule has 1 N–H and O–H groups in total. The third-order valence-electron chi connectivity index (χ3n) is 4.08. The topological polar surface area (TPSA) is 41.0 Å². The Kier molecular flexibility index (Phi) is 3.45. The summed E-state index contributed by atoms with van der Waals surface area (Å²) < 4.78 is 0. The largest absolute Gasteiger partial charge is 0.380 e. The Balaban J connectivity index is 1.35. The highest BCUT2D eigenvalue weighted by Crippen LogP contribution is 2.21. The van der Waals surface area contributed by atoms with Crippen LogP contribution >= 0.6 is 0 Å². The van der Waals surface area contributed by atoms with Crippen molar-refractivity contribution >= 4 is 16.5 Å². The van der Waals surface area contributed by atoms with Gasteiger partial charge in [0.25, 0.3) is 0 Å². The summed E-state index contributed by atoms with van der Waals surface area (Å²) in [5.74, 6) is 0. The minimum atomic E-state index is 0.517. The molecule has 2 aromatic heterocycles. The lowest BCUT2D eigenvalue weighted by molar-refractivity contribution is 0.151. The average Bonchev–Trinajstić information content (AvgIpc) is 2.54. The number of likely N-dealkylation sites (tertiary alicyclic amines) is 1. The van der Waals surface area contributed by atoms with Crippen molar-refractivity contribution < 1.29 is 0 Å². The second kappa shape index (κ2) is 5.73. The zero-order valence-corrected chi connectivity index (χ0v) is 12.3. The molecule has 0 aliphatic carbocycles. The SMILES string of the molecule is c1ccc(CN2CC(Nc3ccc4cnccc4c3)C2)nc1. The number of fused-ring (bicyclic) bond motifs is 1. The first-order valence-corrected chi connectivity index (χ1v) is 7.59. The van der Waals surface area contributed by atoms with E-state index in [1.165, 1.54) is 16.5 Å². The summed E-state index contributed by atoms with van der Waals surface area (Å²) in [6.07, 6.45) is 5.59. The number of rotatable bonds is 4. The summed E-state index contributed by atoms with van der Waals surface area (Å²) >= 11 is 0. The zero-order chi connectivity index (χ0) is 14.8. The van der Waals surface area contributed by atoms with E-state index in [2.05, 4.69) is 50.5 Å². The molecule has 1 saturated heterocycles. The van der Waals surface area contributed by atoms with Gasteiger partial charge < -0.3 is 5.32 Å². The van der Waals surface area contributed by atoms with Gasteiger partial charge in [-0.25, -0.2) is 0 Å². The predicted octanol–water partition coefficient (Wildman–Crippen LogP) is 2.93. The zero-order valence-electron chi connectivity index (χ0n) is 12.3. The number of hydrogen-bond donors (Lipinski definition) is 1. The maximum Gasteiger partial charge on any atom is 0.0543 e. The van der Waals surface area contributed by atoms with Gasteiger partial charge in [0.05, 0.1) is 11.7 Å². The van der Waals surface area contributed by atoms with Crippen LogP contribution in [0.3, 0.4) is 0 Å². The van der Waals surface area contributed by atoms with E-state index >= 15 is 0 Å². The first-order chi connectivity index (χ1) is 10.9. The number of aromatic nitrogens is 2. The molecule has 0 saturated carbocycles. The molecule has 0 radical (unpaired) electrons. The molecule has 4 nitrogen and oxygen atoms in total. The molecule has 0 unspecified atom stereocenters. The summed E-state index contributed by atoms with van der Waals surface area (Å²) in [5, 5.41) is 6.01. The Morgan fingerprint density at radius 3 is 2.86 bits per heavy atom. The van der Waals surface area contributed by atoms with E-state index in [-0.39, 0.29) is 0 Å². The van der Waals surface area contributed by atoms with Gasteiger partial charge in [0.1, 0.15) is 0 Å². The normalized spacial score (nSPS) is 15.6. The molecule has 3 heterocycles. The molecule has 0 spiro atoms. The Labute approximate surface area is 129 Å². The molecular weight excluding hydrogens is 272 g/mol. The summed E-state index contributed by atoms with van der Waals surface area (Å²) in [6.45, 7) is 3.05. The van der Waals surface area contributed by atoms with E-state index in [1.807, 2.05) is 30.7 Å². The molecule has 3 aromatic rings. The Morgan fingerprint density at radius 2 is 2.00 bits per heavy atom. The second-order valence-electron chi connectivity index (χ2n) is 5.79. The molecule has 1 aliphatic heterocycles. The van der Waals surface area contributed by atoms with Crippen LogP contribution in [0.5, 0.6) is 0 Å². The molecule has 1 fully saturated rings. The van der Waals surface area contributed by atoms with Crippen LogP contribution in [-0.4, -0.2) is 34.0 Å². The van der Waals surface area contributed by atoms with Crippen LogP contribution in [0.4, 0.5) is 5.69 Å². The number of anilines is 1. The minimum absolute atomic E-state index is 0.517. The van der Waals surface area contributed by atoms with E-state index in [0.29, 0.717) is 6.04 Å². The highest BCUT2D eigenvalue weighted by Gasteiger charge is 2.26. The van der Waals surface area contributed by atoms with Crippen LogP contribution in [0.25, 0.3) is 10.8 Å². The maximum absolute atomic E-state index is 4.38. The molecule has 1 aromatic carbocycles. The summed E-state index contributed by atoms with van der Waals surface area (Å²) in [4.78, 5) is 10.9. The average molecular weight is 290 g/mol. The predicted molar refractivity (Wildman–Crippen MR) is 88.7 cm³/mol. The lowest BCUT2D eigenvalue weighted by Gasteiger charge is -2.40. The first-order valence-electron chi connectivity index (χ1n) is 7.59. The fourth-order valence-corrected chi connectivity index (χ4v) is 2.92. The van der Waals surface area contributed by atoms with Gasteiger partial charge in [-0.2, -0.15) is 0 Å². The summed E-state index contributed by atoms with van der Waals surface area (Å²) in [5.41, 5.74) is 2.32. The summed E-state index contributed by atoms with van der Waals surface area (Å²) in [6, 6.07) is 15.1. The Morgan fingerprint density at radius 1 is 1.05 bits per heavy atom. The molecule has 0 atom stereocenters. The molecule has 4 heteroatoms. The number of nitrogens with zero attached hydrogens (tertiary/aromatic N) is 3. The lowest BCUT2D eigenvalue weighted by Crippen LogP contribution is -2.54. The van der Waals surface area contributed by atoms with Crippen LogP contribution in [0.1, 0.15) is 5.69 Å². The van der Waals surface area contributed by atoms with Crippen LogP contribution in [0.15, 0.2) is 61.1 Å². The van der Waals surface area contributed by atoms with Crippen molar-refractivity contribution in [3.05, 3.63) is 66.7 Å². The van der Waals surface area contributed by atoms with Gasteiger partial charge in [-0.3, -0.25) is 14.9 Å². The minimum Gasteiger partial charge on any atom is -0.380 e. The van der Waals surface area contributed by atoms with Crippen LogP contribution < -0.4 is 5.32 Å². The van der Waals surface area contributed by atoms with Crippen LogP contribution in [-0.2, 0) is 6.54 Å². The molecule has 0 bridgehead atoms. The Bertz CT molecular complexity index is 766. The van der Waals surface area contributed by atoms with Crippen molar-refractivity contribution in [2.75, 3.05) is 18.4 Å². The maximum atomic E-state index is 4.38. The Hall–Kier alpha value is -2.46. The van der Waals surface area contributed by atoms with E-state index in [0.717, 1.165) is 25.3 Å². The van der Waals surface area contributed by atoms with Gasteiger partial charge in [-0.05, 0) is 35.7 Å². The highest BCUT2D eigenvalue weighted by atomic mass is 15.2. The molecular formula is C18H18N4. The number of benzene rings is 1. The second-order valence-corrected chi connectivity index (χ2v) is 5.79. The number of hydrogen-bond acceptors (Lipinski definition) is 4. The molecule has 1 aliphatic rings. The molecule has 0 amide bonds. The fourth-order valence-electron chi connectivity index (χ4n) is 2.92.